The summed E-state index contributed by atoms with van der Waals surface area (Å²) in [6, 6.07) is 0.288. The fraction of sp³-hybridized carbons (Fsp3) is 0.917. The Labute approximate surface area is 97.9 Å². The van der Waals surface area contributed by atoms with Gasteiger partial charge in [0.2, 0.25) is 5.91 Å². The second-order valence-electron chi connectivity index (χ2n) is 4.69. The molecule has 0 spiro atoms. The zero-order chi connectivity index (χ0) is 12.0. The molecule has 1 amide bonds. The summed E-state index contributed by atoms with van der Waals surface area (Å²) >= 11 is 0. The maximum Gasteiger partial charge on any atom is 0.221 e. The molecule has 1 fully saturated rings. The van der Waals surface area contributed by atoms with E-state index in [2.05, 4.69) is 12.2 Å². The fourth-order valence-electron chi connectivity index (χ4n) is 2.28. The van der Waals surface area contributed by atoms with E-state index in [0.29, 0.717) is 12.5 Å². The van der Waals surface area contributed by atoms with Crippen LogP contribution in [-0.2, 0) is 9.53 Å². The molecule has 0 saturated heterocycles. The molecular formula is C12H24N2O2. The second kappa shape index (κ2) is 6.86. The minimum atomic E-state index is 0.00428. The summed E-state index contributed by atoms with van der Waals surface area (Å²) in [5.74, 6) is 0.0858. The van der Waals surface area contributed by atoms with Gasteiger partial charge in [-0.25, -0.2) is 0 Å². The quantitative estimate of drug-likeness (QED) is 0.717. The standard InChI is InChI=1S/C12H24N2O2/c1-3-4-9(13)7-12(15)14-10-5-6-11(8-10)16-2/h9-11H,3-8,13H2,1-2H3,(H,14,15). The van der Waals surface area contributed by atoms with E-state index >= 15 is 0 Å². The zero-order valence-electron chi connectivity index (χ0n) is 10.4. The number of hydrogen-bond acceptors (Lipinski definition) is 3. The molecule has 3 unspecified atom stereocenters. The lowest BCUT2D eigenvalue weighted by atomic mass is 10.1. The number of nitrogens with one attached hydrogen (secondary N) is 1. The van der Waals surface area contributed by atoms with Gasteiger partial charge >= 0.3 is 0 Å². The van der Waals surface area contributed by atoms with Crippen molar-refractivity contribution in [2.75, 3.05) is 7.11 Å². The maximum absolute atomic E-state index is 11.6. The third-order valence-corrected chi connectivity index (χ3v) is 3.19. The SMILES string of the molecule is CCCC(N)CC(=O)NC1CCC(OC)C1. The first kappa shape index (κ1) is 13.5. The number of methoxy groups -OCH3 is 1. The molecule has 4 nitrogen and oxygen atoms in total. The molecule has 0 aliphatic heterocycles. The molecule has 0 aromatic heterocycles. The van der Waals surface area contributed by atoms with Gasteiger partial charge in [-0.3, -0.25) is 4.79 Å². The molecule has 0 aromatic rings. The molecule has 16 heavy (non-hydrogen) atoms. The van der Waals surface area contributed by atoms with Crippen LogP contribution < -0.4 is 11.1 Å². The monoisotopic (exact) mass is 228 g/mol. The van der Waals surface area contributed by atoms with Crippen LogP contribution in [0, 0.1) is 0 Å². The van der Waals surface area contributed by atoms with Crippen LogP contribution in [0.15, 0.2) is 0 Å². The number of nitrogens with two attached hydrogens (primary N) is 1. The van der Waals surface area contributed by atoms with Crippen LogP contribution in [0.4, 0.5) is 0 Å². The topological polar surface area (TPSA) is 64.4 Å². The Kier molecular flexibility index (Phi) is 5.77. The minimum Gasteiger partial charge on any atom is -0.381 e. The van der Waals surface area contributed by atoms with Gasteiger partial charge in [-0.1, -0.05) is 13.3 Å². The highest BCUT2D eigenvalue weighted by molar-refractivity contribution is 5.76. The van der Waals surface area contributed by atoms with Crippen LogP contribution in [-0.4, -0.2) is 31.2 Å². The van der Waals surface area contributed by atoms with E-state index in [4.69, 9.17) is 10.5 Å². The number of carbonyl (C=O) groups excluding carboxylic acids is 1. The third kappa shape index (κ3) is 4.49. The van der Waals surface area contributed by atoms with Crippen LogP contribution in [0.1, 0.15) is 45.4 Å². The Morgan fingerprint density at radius 2 is 2.31 bits per heavy atom. The number of rotatable bonds is 6. The van der Waals surface area contributed by atoms with E-state index in [1.807, 2.05) is 0 Å². The number of carbonyl (C=O) groups is 1. The third-order valence-electron chi connectivity index (χ3n) is 3.19. The Hall–Kier alpha value is -0.610. The lowest BCUT2D eigenvalue weighted by Gasteiger charge is -2.15. The fourth-order valence-corrected chi connectivity index (χ4v) is 2.28. The van der Waals surface area contributed by atoms with Crippen molar-refractivity contribution in [3.05, 3.63) is 0 Å². The molecule has 1 aliphatic carbocycles. The highest BCUT2D eigenvalue weighted by Crippen LogP contribution is 2.21. The molecule has 94 valence electrons. The normalized spacial score (nSPS) is 26.7. The van der Waals surface area contributed by atoms with Crippen molar-refractivity contribution in [3.63, 3.8) is 0 Å². The lowest BCUT2D eigenvalue weighted by Crippen LogP contribution is -2.37. The molecule has 1 rings (SSSR count). The summed E-state index contributed by atoms with van der Waals surface area (Å²) in [6.07, 6.45) is 5.71. The summed E-state index contributed by atoms with van der Waals surface area (Å²) in [7, 11) is 1.73. The Morgan fingerprint density at radius 3 is 2.88 bits per heavy atom. The van der Waals surface area contributed by atoms with Gasteiger partial charge in [0, 0.05) is 25.6 Å². The van der Waals surface area contributed by atoms with Gasteiger partial charge in [-0.05, 0) is 25.7 Å². The van der Waals surface area contributed by atoms with Gasteiger partial charge in [-0.2, -0.15) is 0 Å². The molecule has 0 radical (unpaired) electrons. The van der Waals surface area contributed by atoms with E-state index in [0.717, 1.165) is 32.1 Å². The van der Waals surface area contributed by atoms with Crippen molar-refractivity contribution in [3.8, 4) is 0 Å². The van der Waals surface area contributed by atoms with Crippen LogP contribution in [0.3, 0.4) is 0 Å². The largest absolute Gasteiger partial charge is 0.381 e. The van der Waals surface area contributed by atoms with E-state index in [9.17, 15) is 4.79 Å². The summed E-state index contributed by atoms with van der Waals surface area (Å²) < 4.78 is 5.27. The molecule has 0 bridgehead atoms. The van der Waals surface area contributed by atoms with E-state index in [-0.39, 0.29) is 18.0 Å². The summed E-state index contributed by atoms with van der Waals surface area (Å²) in [4.78, 5) is 11.6. The summed E-state index contributed by atoms with van der Waals surface area (Å²) in [6.45, 7) is 2.08. The molecular weight excluding hydrogens is 204 g/mol. The molecule has 0 heterocycles. The number of ether oxygens (including phenoxy) is 1. The van der Waals surface area contributed by atoms with Gasteiger partial charge in [0.25, 0.3) is 0 Å². The van der Waals surface area contributed by atoms with Gasteiger partial charge in [0.1, 0.15) is 0 Å². The van der Waals surface area contributed by atoms with Crippen LogP contribution in [0.2, 0.25) is 0 Å². The highest BCUT2D eigenvalue weighted by atomic mass is 16.5. The van der Waals surface area contributed by atoms with Gasteiger partial charge in [0.15, 0.2) is 0 Å². The Bertz CT molecular complexity index is 221. The van der Waals surface area contributed by atoms with Crippen molar-refractivity contribution in [1.82, 2.24) is 5.32 Å². The zero-order valence-corrected chi connectivity index (χ0v) is 10.4. The first-order valence-corrected chi connectivity index (χ1v) is 6.23. The number of hydrogen-bond donors (Lipinski definition) is 2. The van der Waals surface area contributed by atoms with E-state index in [1.54, 1.807) is 7.11 Å². The number of amides is 1. The van der Waals surface area contributed by atoms with Gasteiger partial charge in [-0.15, -0.1) is 0 Å². The van der Waals surface area contributed by atoms with E-state index in [1.165, 1.54) is 0 Å². The first-order chi connectivity index (χ1) is 7.65. The molecule has 4 heteroatoms. The smallest absolute Gasteiger partial charge is 0.221 e. The average Bonchev–Trinajstić information content (AvgIpc) is 2.65. The Morgan fingerprint density at radius 1 is 1.56 bits per heavy atom. The summed E-state index contributed by atoms with van der Waals surface area (Å²) in [5.41, 5.74) is 5.83. The van der Waals surface area contributed by atoms with Crippen molar-refractivity contribution >= 4 is 5.91 Å². The van der Waals surface area contributed by atoms with Crippen molar-refractivity contribution in [1.29, 1.82) is 0 Å². The van der Waals surface area contributed by atoms with Crippen LogP contribution in [0.25, 0.3) is 0 Å². The molecule has 0 aromatic carbocycles. The highest BCUT2D eigenvalue weighted by Gasteiger charge is 2.25. The average molecular weight is 228 g/mol. The molecule has 3 N–H and O–H groups in total. The molecule has 3 atom stereocenters. The second-order valence-corrected chi connectivity index (χ2v) is 4.69. The van der Waals surface area contributed by atoms with Crippen LogP contribution >= 0.6 is 0 Å². The first-order valence-electron chi connectivity index (χ1n) is 6.23. The van der Waals surface area contributed by atoms with E-state index < -0.39 is 0 Å². The predicted molar refractivity (Wildman–Crippen MR) is 64.1 cm³/mol. The van der Waals surface area contributed by atoms with Crippen molar-refractivity contribution < 1.29 is 9.53 Å². The van der Waals surface area contributed by atoms with Crippen molar-refractivity contribution in [2.45, 2.75) is 63.6 Å². The lowest BCUT2D eigenvalue weighted by molar-refractivity contribution is -0.122. The predicted octanol–water partition coefficient (Wildman–Crippen LogP) is 1.19. The van der Waals surface area contributed by atoms with Gasteiger partial charge < -0.3 is 15.8 Å². The van der Waals surface area contributed by atoms with Crippen molar-refractivity contribution in [2.24, 2.45) is 5.73 Å². The molecule has 1 saturated carbocycles. The summed E-state index contributed by atoms with van der Waals surface area (Å²) in [5, 5.41) is 3.03. The minimum absolute atomic E-state index is 0.00428. The van der Waals surface area contributed by atoms with Crippen LogP contribution in [0.5, 0.6) is 0 Å². The maximum atomic E-state index is 11.6. The Balaban J connectivity index is 2.19. The molecule has 1 aliphatic rings. The van der Waals surface area contributed by atoms with Gasteiger partial charge in [0.05, 0.1) is 6.10 Å².